The minimum absolute atomic E-state index is 0.164. The minimum atomic E-state index is -0.403. The maximum Gasteiger partial charge on any atom is 0.251 e. The van der Waals surface area contributed by atoms with Crippen molar-refractivity contribution < 1.29 is 19.4 Å². The van der Waals surface area contributed by atoms with Crippen LogP contribution in [-0.2, 0) is 9.59 Å². The van der Waals surface area contributed by atoms with E-state index >= 15 is 0 Å². The summed E-state index contributed by atoms with van der Waals surface area (Å²) in [6.45, 7) is 4.14. The number of carbonyl (C=O) groups excluding carboxylic acids is 2. The van der Waals surface area contributed by atoms with Gasteiger partial charge in [-0.15, -0.1) is 0 Å². The molecule has 1 N–H and O–H groups in total. The van der Waals surface area contributed by atoms with Crippen LogP contribution >= 0.6 is 0 Å². The maximum absolute atomic E-state index is 12.8. The number of hydrogen-bond acceptors (Lipinski definition) is 5. The van der Waals surface area contributed by atoms with Gasteiger partial charge in [0.1, 0.15) is 5.75 Å². The van der Waals surface area contributed by atoms with Gasteiger partial charge in [0.05, 0.1) is 30.9 Å². The number of ether oxygens (including phenoxy) is 1. The summed E-state index contributed by atoms with van der Waals surface area (Å²) in [5.41, 5.74) is 0.598. The number of rotatable bonds is 7. The van der Waals surface area contributed by atoms with Gasteiger partial charge in [0.25, 0.3) is 5.91 Å². The summed E-state index contributed by atoms with van der Waals surface area (Å²) in [5, 5.41) is 9.63. The Morgan fingerprint density at radius 3 is 2.46 bits per heavy atom. The Bertz CT molecular complexity index is 623. The smallest absolute Gasteiger partial charge is 0.251 e. The number of imide groups is 1. The highest BCUT2D eigenvalue weighted by atomic mass is 16.5. The zero-order valence-electron chi connectivity index (χ0n) is 15.4. The molecule has 0 bridgehead atoms. The van der Waals surface area contributed by atoms with E-state index in [0.29, 0.717) is 38.2 Å². The summed E-state index contributed by atoms with van der Waals surface area (Å²) in [7, 11) is 0. The molecular weight excluding hydrogens is 332 g/mol. The minimum Gasteiger partial charge on any atom is -0.494 e. The molecule has 2 amide bonds. The van der Waals surface area contributed by atoms with Gasteiger partial charge in [0.2, 0.25) is 5.91 Å². The summed E-state index contributed by atoms with van der Waals surface area (Å²) in [5.74, 6) is 0.427. The van der Waals surface area contributed by atoms with Crippen LogP contribution in [0.5, 0.6) is 5.75 Å². The van der Waals surface area contributed by atoms with E-state index in [9.17, 15) is 14.7 Å². The van der Waals surface area contributed by atoms with Crippen molar-refractivity contribution in [1.82, 2.24) is 4.90 Å². The first kappa shape index (κ1) is 18.9. The zero-order chi connectivity index (χ0) is 18.5. The van der Waals surface area contributed by atoms with Crippen LogP contribution in [0.4, 0.5) is 5.69 Å². The molecule has 0 aromatic heterocycles. The van der Waals surface area contributed by atoms with Crippen LogP contribution in [0, 0.1) is 0 Å². The van der Waals surface area contributed by atoms with Crippen molar-refractivity contribution in [2.24, 2.45) is 0 Å². The number of benzene rings is 1. The summed E-state index contributed by atoms with van der Waals surface area (Å²) >= 11 is 0. The van der Waals surface area contributed by atoms with E-state index in [-0.39, 0.29) is 24.3 Å². The van der Waals surface area contributed by atoms with Crippen molar-refractivity contribution in [2.75, 3.05) is 24.6 Å². The second-order valence-corrected chi connectivity index (χ2v) is 7.10. The number of likely N-dealkylation sites (tertiary alicyclic amines) is 1. The molecule has 1 aromatic carbocycles. The molecule has 1 aromatic rings. The van der Waals surface area contributed by atoms with Crippen LogP contribution in [0.15, 0.2) is 24.3 Å². The van der Waals surface area contributed by atoms with E-state index in [2.05, 4.69) is 6.92 Å². The Hall–Kier alpha value is -1.92. The first-order valence-electron chi connectivity index (χ1n) is 9.62. The van der Waals surface area contributed by atoms with E-state index in [1.807, 2.05) is 17.0 Å². The van der Waals surface area contributed by atoms with Crippen LogP contribution in [0.2, 0.25) is 0 Å². The normalized spacial score (nSPS) is 22.2. The lowest BCUT2D eigenvalue weighted by Gasteiger charge is -2.32. The molecule has 26 heavy (non-hydrogen) atoms. The molecule has 2 heterocycles. The SMILES string of the molecule is CCCCCOc1ccc(N2C(=O)C[C@@H](N3CCC(O)CC3)C2=O)cc1. The molecule has 1 atom stereocenters. The Morgan fingerprint density at radius 1 is 1.12 bits per heavy atom. The lowest BCUT2D eigenvalue weighted by molar-refractivity contribution is -0.123. The molecule has 6 nitrogen and oxygen atoms in total. The fraction of sp³-hybridized carbons (Fsp3) is 0.600. The number of unbranched alkanes of at least 4 members (excludes halogenated alkanes) is 2. The number of hydrogen-bond donors (Lipinski definition) is 1. The van der Waals surface area contributed by atoms with Crippen LogP contribution in [-0.4, -0.2) is 53.7 Å². The number of aliphatic hydroxyl groups excluding tert-OH is 1. The summed E-state index contributed by atoms with van der Waals surface area (Å²) in [6.07, 6.45) is 4.55. The molecule has 2 saturated heterocycles. The second kappa shape index (κ2) is 8.64. The highest BCUT2D eigenvalue weighted by Gasteiger charge is 2.43. The fourth-order valence-electron chi connectivity index (χ4n) is 3.60. The number of carbonyl (C=O) groups is 2. The van der Waals surface area contributed by atoms with Gasteiger partial charge >= 0.3 is 0 Å². The van der Waals surface area contributed by atoms with E-state index in [1.165, 1.54) is 4.90 Å². The first-order valence-corrected chi connectivity index (χ1v) is 9.62. The van der Waals surface area contributed by atoms with E-state index < -0.39 is 6.04 Å². The number of amides is 2. The average Bonchev–Trinajstić information content (AvgIpc) is 2.94. The van der Waals surface area contributed by atoms with Gasteiger partial charge in [-0.2, -0.15) is 0 Å². The predicted octanol–water partition coefficient (Wildman–Crippen LogP) is 2.34. The third-order valence-corrected chi connectivity index (χ3v) is 5.17. The Kier molecular flexibility index (Phi) is 6.27. The van der Waals surface area contributed by atoms with Crippen LogP contribution in [0.3, 0.4) is 0 Å². The van der Waals surface area contributed by atoms with Crippen molar-refractivity contribution in [3.63, 3.8) is 0 Å². The Morgan fingerprint density at radius 2 is 1.81 bits per heavy atom. The molecule has 2 aliphatic rings. The van der Waals surface area contributed by atoms with Crippen molar-refractivity contribution in [3.05, 3.63) is 24.3 Å². The first-order chi connectivity index (χ1) is 12.6. The standard InChI is InChI=1S/C20H28N2O4/c1-2-3-4-13-26-17-7-5-15(6-8-17)22-19(24)14-18(20(22)25)21-11-9-16(23)10-12-21/h5-8,16,18,23H,2-4,9-14H2,1H3/t18-/m1/s1. The molecule has 3 rings (SSSR count). The molecule has 142 valence electrons. The summed E-state index contributed by atoms with van der Waals surface area (Å²) < 4.78 is 5.69. The Balaban J connectivity index is 1.61. The highest BCUT2D eigenvalue weighted by Crippen LogP contribution is 2.28. The summed E-state index contributed by atoms with van der Waals surface area (Å²) in [6, 6.07) is 6.76. The van der Waals surface area contributed by atoms with Gasteiger partial charge < -0.3 is 9.84 Å². The van der Waals surface area contributed by atoms with Crippen LogP contribution in [0.1, 0.15) is 45.4 Å². The van der Waals surface area contributed by atoms with Gasteiger partial charge in [0.15, 0.2) is 0 Å². The monoisotopic (exact) mass is 360 g/mol. The van der Waals surface area contributed by atoms with Crippen molar-refractivity contribution in [1.29, 1.82) is 0 Å². The average molecular weight is 360 g/mol. The number of anilines is 1. The quantitative estimate of drug-likeness (QED) is 0.597. The molecule has 6 heteroatoms. The molecule has 0 spiro atoms. The lowest BCUT2D eigenvalue weighted by atomic mass is 10.1. The van der Waals surface area contributed by atoms with Gasteiger partial charge in [-0.05, 0) is 43.5 Å². The number of nitrogens with zero attached hydrogens (tertiary/aromatic N) is 2. The molecule has 0 unspecified atom stereocenters. The maximum atomic E-state index is 12.8. The molecule has 2 aliphatic heterocycles. The topological polar surface area (TPSA) is 70.1 Å². The number of aliphatic hydroxyl groups is 1. The van der Waals surface area contributed by atoms with Gasteiger partial charge in [-0.1, -0.05) is 19.8 Å². The van der Waals surface area contributed by atoms with Crippen LogP contribution in [0.25, 0.3) is 0 Å². The van der Waals surface area contributed by atoms with Crippen molar-refractivity contribution in [2.45, 2.75) is 57.6 Å². The van der Waals surface area contributed by atoms with E-state index in [4.69, 9.17) is 4.74 Å². The third kappa shape index (κ3) is 4.24. The zero-order valence-corrected chi connectivity index (χ0v) is 15.4. The number of piperidine rings is 1. The van der Waals surface area contributed by atoms with Gasteiger partial charge in [0, 0.05) is 13.1 Å². The molecule has 0 radical (unpaired) electrons. The van der Waals surface area contributed by atoms with Gasteiger partial charge in [-0.3, -0.25) is 14.5 Å². The van der Waals surface area contributed by atoms with E-state index in [0.717, 1.165) is 25.0 Å². The molecule has 2 fully saturated rings. The Labute approximate surface area is 154 Å². The van der Waals surface area contributed by atoms with Gasteiger partial charge in [-0.25, -0.2) is 4.90 Å². The largest absolute Gasteiger partial charge is 0.494 e. The van der Waals surface area contributed by atoms with E-state index in [1.54, 1.807) is 12.1 Å². The summed E-state index contributed by atoms with van der Waals surface area (Å²) in [4.78, 5) is 28.5. The third-order valence-electron chi connectivity index (χ3n) is 5.17. The second-order valence-electron chi connectivity index (χ2n) is 7.10. The van der Waals surface area contributed by atoms with Crippen molar-refractivity contribution in [3.8, 4) is 5.75 Å². The van der Waals surface area contributed by atoms with Crippen LogP contribution < -0.4 is 9.64 Å². The highest BCUT2D eigenvalue weighted by molar-refractivity contribution is 6.22. The predicted molar refractivity (Wildman–Crippen MR) is 99.2 cm³/mol. The molecule has 0 saturated carbocycles. The fourth-order valence-corrected chi connectivity index (χ4v) is 3.60. The molecule has 0 aliphatic carbocycles. The van der Waals surface area contributed by atoms with Crippen molar-refractivity contribution >= 4 is 17.5 Å². The lowest BCUT2D eigenvalue weighted by Crippen LogP contribution is -2.46. The molecular formula is C20H28N2O4.